The van der Waals surface area contributed by atoms with Gasteiger partial charge < -0.3 is 9.47 Å². The third kappa shape index (κ3) is 1.92. The second-order valence-electron chi connectivity index (χ2n) is 3.58. The monoisotopic (exact) mass is 233 g/mol. The highest BCUT2D eigenvalue weighted by Gasteiger charge is 2.42. The van der Waals surface area contributed by atoms with Gasteiger partial charge in [-0.1, -0.05) is 12.1 Å². The molecule has 0 saturated carbocycles. The molecule has 17 heavy (non-hydrogen) atoms. The minimum absolute atomic E-state index is 0.381. The Hall–Kier alpha value is -2.14. The first kappa shape index (κ1) is 11.3. The van der Waals surface area contributed by atoms with Gasteiger partial charge in [-0.3, -0.25) is 10.5 Å². The van der Waals surface area contributed by atoms with Crippen molar-refractivity contribution >= 4 is 11.8 Å². The van der Waals surface area contributed by atoms with E-state index in [0.717, 1.165) is 6.08 Å². The zero-order valence-corrected chi connectivity index (χ0v) is 9.17. The molecular formula is C12H11NO4. The molecule has 0 spiro atoms. The van der Waals surface area contributed by atoms with Crippen molar-refractivity contribution in [1.29, 1.82) is 0 Å². The van der Waals surface area contributed by atoms with Crippen LogP contribution in [0.15, 0.2) is 36.4 Å². The lowest BCUT2D eigenvalue weighted by Crippen LogP contribution is -2.47. The number of nitrogens with two attached hydrogens (primary N) is 1. The number of fused-ring (bicyclic) bond motifs is 1. The number of carbonyl (C=O) groups excluding carboxylic acids is 2. The SMILES string of the molecule is COC(=O)/C=C/C1(N)Oc2ccccc2C1=O. The summed E-state index contributed by atoms with van der Waals surface area (Å²) in [5.41, 5.74) is 4.57. The fourth-order valence-corrected chi connectivity index (χ4v) is 1.55. The summed E-state index contributed by atoms with van der Waals surface area (Å²) in [6, 6.07) is 6.73. The fraction of sp³-hybridized carbons (Fsp3) is 0.167. The average molecular weight is 233 g/mol. The first-order valence-corrected chi connectivity index (χ1v) is 4.96. The lowest BCUT2D eigenvalue weighted by atomic mass is 10.0. The maximum Gasteiger partial charge on any atom is 0.330 e. The van der Waals surface area contributed by atoms with E-state index in [1.165, 1.54) is 13.2 Å². The van der Waals surface area contributed by atoms with Crippen LogP contribution in [-0.2, 0) is 9.53 Å². The Kier molecular flexibility index (Phi) is 2.69. The summed E-state index contributed by atoms with van der Waals surface area (Å²) in [4.78, 5) is 22.9. The van der Waals surface area contributed by atoms with Crippen LogP contribution in [0.2, 0.25) is 0 Å². The number of esters is 1. The van der Waals surface area contributed by atoms with Gasteiger partial charge in [0.25, 0.3) is 0 Å². The van der Waals surface area contributed by atoms with E-state index in [-0.39, 0.29) is 5.78 Å². The summed E-state index contributed by atoms with van der Waals surface area (Å²) in [5.74, 6) is -0.565. The van der Waals surface area contributed by atoms with Crippen LogP contribution < -0.4 is 10.5 Å². The van der Waals surface area contributed by atoms with Gasteiger partial charge >= 0.3 is 5.97 Å². The molecular weight excluding hydrogens is 222 g/mol. The van der Waals surface area contributed by atoms with Crippen molar-refractivity contribution < 1.29 is 19.1 Å². The number of methoxy groups -OCH3 is 1. The molecule has 5 heteroatoms. The zero-order chi connectivity index (χ0) is 12.5. The van der Waals surface area contributed by atoms with E-state index in [1.54, 1.807) is 24.3 Å². The molecule has 0 radical (unpaired) electrons. The third-order valence-corrected chi connectivity index (χ3v) is 2.43. The summed E-state index contributed by atoms with van der Waals surface area (Å²) >= 11 is 0. The van der Waals surface area contributed by atoms with Gasteiger partial charge in [-0.25, -0.2) is 4.79 Å². The number of hydrogen-bond acceptors (Lipinski definition) is 5. The van der Waals surface area contributed by atoms with E-state index in [1.807, 2.05) is 0 Å². The van der Waals surface area contributed by atoms with Gasteiger partial charge in [-0.15, -0.1) is 0 Å². The predicted octanol–water partition coefficient (Wildman–Crippen LogP) is 0.646. The third-order valence-electron chi connectivity index (χ3n) is 2.43. The van der Waals surface area contributed by atoms with E-state index in [4.69, 9.17) is 10.5 Å². The molecule has 2 N–H and O–H groups in total. The number of para-hydroxylation sites is 1. The largest absolute Gasteiger partial charge is 0.466 e. The van der Waals surface area contributed by atoms with E-state index < -0.39 is 11.7 Å². The second kappa shape index (κ2) is 4.03. The van der Waals surface area contributed by atoms with Crippen molar-refractivity contribution in [3.8, 4) is 5.75 Å². The maximum atomic E-state index is 12.0. The zero-order valence-electron chi connectivity index (χ0n) is 9.17. The van der Waals surface area contributed by atoms with Gasteiger partial charge in [0.2, 0.25) is 11.5 Å². The fourth-order valence-electron chi connectivity index (χ4n) is 1.55. The lowest BCUT2D eigenvalue weighted by Gasteiger charge is -2.16. The quantitative estimate of drug-likeness (QED) is 0.599. The second-order valence-corrected chi connectivity index (χ2v) is 3.58. The van der Waals surface area contributed by atoms with E-state index in [9.17, 15) is 9.59 Å². The Morgan fingerprint density at radius 1 is 1.47 bits per heavy atom. The van der Waals surface area contributed by atoms with Gasteiger partial charge in [0, 0.05) is 6.08 Å². The van der Waals surface area contributed by atoms with Crippen molar-refractivity contribution in [2.45, 2.75) is 5.72 Å². The number of Topliss-reactive ketones (excluding diaryl/α,β-unsaturated/α-hetero) is 1. The molecule has 0 aliphatic carbocycles. The number of rotatable bonds is 2. The van der Waals surface area contributed by atoms with Crippen LogP contribution in [0, 0.1) is 0 Å². The molecule has 1 atom stereocenters. The van der Waals surface area contributed by atoms with Gasteiger partial charge in [-0.05, 0) is 18.2 Å². The summed E-state index contributed by atoms with van der Waals surface area (Å²) < 4.78 is 9.75. The van der Waals surface area contributed by atoms with Crippen molar-refractivity contribution in [2.24, 2.45) is 5.73 Å². The van der Waals surface area contributed by atoms with E-state index >= 15 is 0 Å². The molecule has 0 bridgehead atoms. The van der Waals surface area contributed by atoms with Crippen molar-refractivity contribution in [1.82, 2.24) is 0 Å². The van der Waals surface area contributed by atoms with Crippen LogP contribution in [0.1, 0.15) is 10.4 Å². The molecule has 0 fully saturated rings. The summed E-state index contributed by atoms with van der Waals surface area (Å²) in [7, 11) is 1.24. The first-order valence-electron chi connectivity index (χ1n) is 4.96. The smallest absolute Gasteiger partial charge is 0.330 e. The summed E-state index contributed by atoms with van der Waals surface area (Å²) in [5, 5.41) is 0. The number of benzene rings is 1. The van der Waals surface area contributed by atoms with E-state index in [2.05, 4.69) is 4.74 Å². The molecule has 0 saturated heterocycles. The van der Waals surface area contributed by atoms with Crippen LogP contribution in [-0.4, -0.2) is 24.6 Å². The minimum atomic E-state index is -1.63. The highest BCUT2D eigenvalue weighted by Crippen LogP contribution is 2.32. The topological polar surface area (TPSA) is 78.6 Å². The molecule has 1 aliphatic heterocycles. The van der Waals surface area contributed by atoms with Crippen LogP contribution in [0.25, 0.3) is 0 Å². The van der Waals surface area contributed by atoms with Crippen molar-refractivity contribution in [3.63, 3.8) is 0 Å². The van der Waals surface area contributed by atoms with Gasteiger partial charge in [0.05, 0.1) is 12.7 Å². The molecule has 1 aromatic rings. The molecule has 5 nitrogen and oxygen atoms in total. The number of ketones is 1. The molecule has 1 unspecified atom stereocenters. The Labute approximate surface area is 97.8 Å². The highest BCUT2D eigenvalue weighted by atomic mass is 16.5. The Balaban J connectivity index is 2.29. The number of carbonyl (C=O) groups is 2. The maximum absolute atomic E-state index is 12.0. The Morgan fingerprint density at radius 2 is 2.18 bits per heavy atom. The Bertz CT molecular complexity index is 509. The van der Waals surface area contributed by atoms with Crippen LogP contribution in [0.5, 0.6) is 5.75 Å². The number of hydrogen-bond donors (Lipinski definition) is 1. The van der Waals surface area contributed by atoms with Crippen LogP contribution in [0.4, 0.5) is 0 Å². The van der Waals surface area contributed by atoms with E-state index in [0.29, 0.717) is 11.3 Å². The summed E-state index contributed by atoms with van der Waals surface area (Å²) in [6.07, 6.45) is 2.27. The number of ether oxygens (including phenoxy) is 2. The average Bonchev–Trinajstić information content (AvgIpc) is 2.60. The predicted molar refractivity (Wildman–Crippen MR) is 59.5 cm³/mol. The molecule has 1 aromatic carbocycles. The minimum Gasteiger partial charge on any atom is -0.466 e. The lowest BCUT2D eigenvalue weighted by molar-refractivity contribution is -0.134. The molecule has 1 heterocycles. The molecule has 0 amide bonds. The van der Waals surface area contributed by atoms with Gasteiger partial charge in [0.15, 0.2) is 0 Å². The standard InChI is InChI=1S/C12H11NO4/c1-16-10(14)6-7-12(13)11(15)8-4-2-3-5-9(8)17-12/h2-7H,13H2,1H3/b7-6+. The first-order chi connectivity index (χ1) is 8.07. The molecule has 1 aliphatic rings. The van der Waals surface area contributed by atoms with Crippen molar-refractivity contribution in [3.05, 3.63) is 42.0 Å². The molecule has 0 aromatic heterocycles. The summed E-state index contributed by atoms with van der Waals surface area (Å²) in [6.45, 7) is 0. The van der Waals surface area contributed by atoms with Crippen LogP contribution >= 0.6 is 0 Å². The molecule has 2 rings (SSSR count). The Morgan fingerprint density at radius 3 is 2.82 bits per heavy atom. The molecule has 88 valence electrons. The highest BCUT2D eigenvalue weighted by molar-refractivity contribution is 6.08. The van der Waals surface area contributed by atoms with Gasteiger partial charge in [-0.2, -0.15) is 0 Å². The van der Waals surface area contributed by atoms with Crippen molar-refractivity contribution in [2.75, 3.05) is 7.11 Å². The van der Waals surface area contributed by atoms with Gasteiger partial charge in [0.1, 0.15) is 5.75 Å². The van der Waals surface area contributed by atoms with Crippen LogP contribution in [0.3, 0.4) is 0 Å². The normalized spacial score (nSPS) is 22.4.